The Labute approximate surface area is 134 Å². The van der Waals surface area contributed by atoms with Gasteiger partial charge in [0.05, 0.1) is 0 Å². The van der Waals surface area contributed by atoms with Crippen molar-refractivity contribution in [1.82, 2.24) is 15.5 Å². The van der Waals surface area contributed by atoms with Crippen LogP contribution in [0.25, 0.3) is 0 Å². The topological polar surface area (TPSA) is 64.6 Å². The van der Waals surface area contributed by atoms with Crippen LogP contribution in [0, 0.1) is 11.8 Å². The summed E-state index contributed by atoms with van der Waals surface area (Å²) in [6.07, 6.45) is 9.57. The maximum atomic E-state index is 11.8. The molecule has 0 aromatic rings. The molecule has 0 aromatic heterocycles. The average molecular weight is 309 g/mol. The van der Waals surface area contributed by atoms with Crippen LogP contribution in [0.5, 0.6) is 0 Å². The molecule has 5 nitrogen and oxygen atoms in total. The number of likely N-dealkylation sites (tertiary alicyclic amines) is 1. The summed E-state index contributed by atoms with van der Waals surface area (Å²) in [4.78, 5) is 14.3. The second kappa shape index (κ2) is 9.16. The van der Waals surface area contributed by atoms with Crippen LogP contribution in [-0.4, -0.2) is 54.9 Å². The third-order valence-corrected chi connectivity index (χ3v) is 4.79. The second-order valence-electron chi connectivity index (χ2n) is 6.80. The summed E-state index contributed by atoms with van der Waals surface area (Å²) in [5, 5.41) is 14.9. The van der Waals surface area contributed by atoms with Gasteiger partial charge in [0.25, 0.3) is 0 Å². The van der Waals surface area contributed by atoms with Crippen molar-refractivity contribution in [3.05, 3.63) is 12.2 Å². The molecule has 0 bridgehead atoms. The lowest BCUT2D eigenvalue weighted by Gasteiger charge is -2.30. The fourth-order valence-electron chi connectivity index (χ4n) is 3.18. The molecule has 1 fully saturated rings. The molecule has 1 aliphatic heterocycles. The number of hydrogen-bond donors (Lipinski definition) is 3. The van der Waals surface area contributed by atoms with Crippen molar-refractivity contribution >= 4 is 6.03 Å². The van der Waals surface area contributed by atoms with Crippen molar-refractivity contribution in [2.75, 3.05) is 32.8 Å². The third-order valence-electron chi connectivity index (χ3n) is 4.79. The van der Waals surface area contributed by atoms with Crippen LogP contribution in [0.3, 0.4) is 0 Å². The van der Waals surface area contributed by atoms with Crippen LogP contribution in [-0.2, 0) is 0 Å². The number of amides is 2. The Morgan fingerprint density at radius 3 is 2.73 bits per heavy atom. The normalized spacial score (nSPS) is 26.3. The van der Waals surface area contributed by atoms with Crippen LogP contribution in [0.15, 0.2) is 12.2 Å². The molecule has 3 N–H and O–H groups in total. The molecule has 1 aliphatic carbocycles. The van der Waals surface area contributed by atoms with Crippen LogP contribution >= 0.6 is 0 Å². The van der Waals surface area contributed by atoms with Gasteiger partial charge in [0.2, 0.25) is 0 Å². The Balaban J connectivity index is 1.46. The summed E-state index contributed by atoms with van der Waals surface area (Å²) in [6.45, 7) is 6.84. The molecule has 2 aliphatic rings. The van der Waals surface area contributed by atoms with Gasteiger partial charge in [-0.25, -0.2) is 4.79 Å². The predicted octanol–water partition coefficient (Wildman–Crippen LogP) is 1.73. The highest BCUT2D eigenvalue weighted by Gasteiger charge is 2.19. The zero-order valence-electron chi connectivity index (χ0n) is 13.8. The summed E-state index contributed by atoms with van der Waals surface area (Å²) < 4.78 is 0. The Morgan fingerprint density at radius 2 is 2.05 bits per heavy atom. The van der Waals surface area contributed by atoms with E-state index in [-0.39, 0.29) is 24.6 Å². The maximum Gasteiger partial charge on any atom is 0.315 e. The van der Waals surface area contributed by atoms with Gasteiger partial charge in [0.15, 0.2) is 0 Å². The standard InChI is InChI=1S/C17H31N3O2/c1-14-6-10-20(11-7-14)9-3-2-8-18-17(22)19-16-5-4-15(12-16)13-21/h4-5,14-16,21H,2-3,6-13H2,1H3,(H2,18,19,22)/t15-,16+/m0/s1. The number of nitrogens with zero attached hydrogens (tertiary/aromatic N) is 1. The van der Waals surface area contributed by atoms with Crippen molar-refractivity contribution in [2.24, 2.45) is 11.8 Å². The number of aliphatic hydroxyl groups excluding tert-OH is 1. The summed E-state index contributed by atoms with van der Waals surface area (Å²) in [7, 11) is 0. The fourth-order valence-corrected chi connectivity index (χ4v) is 3.18. The maximum absolute atomic E-state index is 11.8. The molecule has 1 heterocycles. The van der Waals surface area contributed by atoms with Gasteiger partial charge in [-0.3, -0.25) is 0 Å². The Hall–Kier alpha value is -1.07. The van der Waals surface area contributed by atoms with E-state index in [9.17, 15) is 4.79 Å². The first-order valence-corrected chi connectivity index (χ1v) is 8.73. The quantitative estimate of drug-likeness (QED) is 0.496. The minimum Gasteiger partial charge on any atom is -0.396 e. The van der Waals surface area contributed by atoms with Crippen LogP contribution in [0.4, 0.5) is 4.79 Å². The molecule has 0 unspecified atom stereocenters. The SMILES string of the molecule is CC1CCN(CCCCNC(=O)N[C@@H]2C=C[C@H](CO)C2)CC1. The number of nitrogens with one attached hydrogen (secondary N) is 2. The molecule has 2 amide bonds. The molecule has 0 spiro atoms. The molecular weight excluding hydrogens is 278 g/mol. The number of carbonyl (C=O) groups is 1. The number of urea groups is 1. The van der Waals surface area contributed by atoms with Gasteiger partial charge >= 0.3 is 6.03 Å². The van der Waals surface area contributed by atoms with Gasteiger partial charge < -0.3 is 20.6 Å². The van der Waals surface area contributed by atoms with E-state index in [2.05, 4.69) is 22.5 Å². The largest absolute Gasteiger partial charge is 0.396 e. The van der Waals surface area contributed by atoms with E-state index >= 15 is 0 Å². The minimum atomic E-state index is -0.0972. The van der Waals surface area contributed by atoms with Gasteiger partial charge in [0.1, 0.15) is 0 Å². The molecule has 1 saturated heterocycles. The zero-order chi connectivity index (χ0) is 15.8. The Morgan fingerprint density at radius 1 is 1.27 bits per heavy atom. The summed E-state index contributed by atoms with van der Waals surface area (Å²) >= 11 is 0. The molecule has 2 atom stereocenters. The fraction of sp³-hybridized carbons (Fsp3) is 0.824. The number of unbranched alkanes of at least 4 members (excludes halogenated alkanes) is 1. The molecule has 0 radical (unpaired) electrons. The number of rotatable bonds is 7. The lowest BCUT2D eigenvalue weighted by Crippen LogP contribution is -2.41. The molecule has 22 heavy (non-hydrogen) atoms. The molecular formula is C17H31N3O2. The molecule has 126 valence electrons. The van der Waals surface area contributed by atoms with E-state index in [1.54, 1.807) is 0 Å². The van der Waals surface area contributed by atoms with Crippen molar-refractivity contribution in [3.63, 3.8) is 0 Å². The number of aliphatic hydroxyl groups is 1. The molecule has 0 saturated carbocycles. The third kappa shape index (κ3) is 5.97. The van der Waals surface area contributed by atoms with Crippen molar-refractivity contribution < 1.29 is 9.90 Å². The van der Waals surface area contributed by atoms with Gasteiger partial charge in [-0.2, -0.15) is 0 Å². The van der Waals surface area contributed by atoms with Crippen LogP contribution in [0.1, 0.15) is 39.0 Å². The molecule has 0 aromatic carbocycles. The lowest BCUT2D eigenvalue weighted by molar-refractivity contribution is 0.189. The van der Waals surface area contributed by atoms with E-state index in [0.717, 1.165) is 38.3 Å². The first kappa shape index (κ1) is 17.3. The lowest BCUT2D eigenvalue weighted by atomic mass is 9.99. The van der Waals surface area contributed by atoms with Crippen LogP contribution in [0.2, 0.25) is 0 Å². The highest BCUT2D eigenvalue weighted by molar-refractivity contribution is 5.74. The molecule has 5 heteroatoms. The summed E-state index contributed by atoms with van der Waals surface area (Å²) in [5.74, 6) is 1.08. The van der Waals surface area contributed by atoms with E-state index in [4.69, 9.17) is 5.11 Å². The monoisotopic (exact) mass is 309 g/mol. The number of hydrogen-bond acceptors (Lipinski definition) is 3. The second-order valence-corrected chi connectivity index (χ2v) is 6.80. The zero-order valence-corrected chi connectivity index (χ0v) is 13.8. The minimum absolute atomic E-state index is 0.0625. The van der Waals surface area contributed by atoms with Gasteiger partial charge in [-0.05, 0) is 57.7 Å². The highest BCUT2D eigenvalue weighted by atomic mass is 16.3. The molecule has 2 rings (SSSR count). The Bertz CT molecular complexity index is 365. The summed E-state index contributed by atoms with van der Waals surface area (Å²) in [5.41, 5.74) is 0. The van der Waals surface area contributed by atoms with Crippen LogP contribution < -0.4 is 10.6 Å². The first-order valence-electron chi connectivity index (χ1n) is 8.73. The Kier molecular flexibility index (Phi) is 7.19. The van der Waals surface area contributed by atoms with Gasteiger partial charge in [0, 0.05) is 25.1 Å². The van der Waals surface area contributed by atoms with E-state index in [1.807, 2.05) is 12.2 Å². The van der Waals surface area contributed by atoms with Crippen molar-refractivity contribution in [3.8, 4) is 0 Å². The van der Waals surface area contributed by atoms with Gasteiger partial charge in [-0.15, -0.1) is 0 Å². The number of carbonyl (C=O) groups excluding carboxylic acids is 1. The van der Waals surface area contributed by atoms with E-state index in [1.165, 1.54) is 25.9 Å². The van der Waals surface area contributed by atoms with E-state index < -0.39 is 0 Å². The van der Waals surface area contributed by atoms with E-state index in [0.29, 0.717) is 0 Å². The highest BCUT2D eigenvalue weighted by Crippen LogP contribution is 2.17. The predicted molar refractivity (Wildman–Crippen MR) is 88.7 cm³/mol. The van der Waals surface area contributed by atoms with Crippen molar-refractivity contribution in [1.29, 1.82) is 0 Å². The average Bonchev–Trinajstić information content (AvgIpc) is 2.96. The number of piperidine rings is 1. The summed E-state index contributed by atoms with van der Waals surface area (Å²) in [6, 6.07) is -0.0347. The van der Waals surface area contributed by atoms with Gasteiger partial charge in [-0.1, -0.05) is 19.1 Å². The smallest absolute Gasteiger partial charge is 0.315 e. The first-order chi connectivity index (χ1) is 10.7. The van der Waals surface area contributed by atoms with Crippen molar-refractivity contribution in [2.45, 2.75) is 45.1 Å².